The minimum absolute atomic E-state index is 0.378. The molecule has 0 aliphatic heterocycles. The number of hydrogen-bond donors (Lipinski definition) is 7. The Morgan fingerprint density at radius 2 is 1.28 bits per heavy atom. The van der Waals surface area contributed by atoms with E-state index in [-0.39, 0.29) is 0 Å². The molecule has 0 spiro atoms. The quantitative estimate of drug-likeness (QED) is 0.149. The van der Waals surface area contributed by atoms with Gasteiger partial charge in [0.15, 0.2) is 6.10 Å². The van der Waals surface area contributed by atoms with E-state index in [1.165, 1.54) is 38.5 Å². The summed E-state index contributed by atoms with van der Waals surface area (Å²) in [7, 11) is 0. The molecule has 0 aromatic rings. The molecule has 6 N–H and O–H groups in total. The molecule has 0 saturated heterocycles. The molecule has 0 radical (unpaired) electrons. The van der Waals surface area contributed by atoms with E-state index >= 15 is 0 Å². The SMILES string of the molecule is O=C(NCCCCCCCCCCCS)C(O)C(O)C(O)C(O)CO. The number of carbonyl (C=O) groups excluding carboxylic acids is 1. The van der Waals surface area contributed by atoms with Gasteiger partial charge in [-0.3, -0.25) is 4.79 Å². The topological polar surface area (TPSA) is 130 Å². The van der Waals surface area contributed by atoms with Crippen molar-refractivity contribution in [3.8, 4) is 0 Å². The van der Waals surface area contributed by atoms with Crippen molar-refractivity contribution in [3.63, 3.8) is 0 Å². The van der Waals surface area contributed by atoms with Crippen molar-refractivity contribution >= 4 is 18.5 Å². The van der Waals surface area contributed by atoms with Gasteiger partial charge in [0.2, 0.25) is 0 Å². The van der Waals surface area contributed by atoms with Crippen molar-refractivity contribution in [2.75, 3.05) is 18.9 Å². The third-order valence-electron chi connectivity index (χ3n) is 4.16. The van der Waals surface area contributed by atoms with Gasteiger partial charge >= 0.3 is 0 Å². The van der Waals surface area contributed by atoms with Gasteiger partial charge in [-0.15, -0.1) is 0 Å². The molecule has 150 valence electrons. The number of unbranched alkanes of at least 4 members (excludes halogenated alkanes) is 8. The maximum Gasteiger partial charge on any atom is 0.251 e. The van der Waals surface area contributed by atoms with E-state index in [0.717, 1.165) is 25.0 Å². The van der Waals surface area contributed by atoms with Crippen LogP contribution in [-0.2, 0) is 4.79 Å². The molecular weight excluding hydrogens is 346 g/mol. The summed E-state index contributed by atoms with van der Waals surface area (Å²) in [5.41, 5.74) is 0. The average Bonchev–Trinajstić information content (AvgIpc) is 2.63. The number of hydrogen-bond acceptors (Lipinski definition) is 7. The first-order valence-electron chi connectivity index (χ1n) is 9.17. The molecule has 0 aliphatic carbocycles. The summed E-state index contributed by atoms with van der Waals surface area (Å²) >= 11 is 4.18. The molecule has 0 heterocycles. The lowest BCUT2D eigenvalue weighted by Gasteiger charge is -2.24. The lowest BCUT2D eigenvalue weighted by atomic mass is 10.0. The zero-order valence-electron chi connectivity index (χ0n) is 14.9. The fraction of sp³-hybridized carbons (Fsp3) is 0.941. The summed E-state index contributed by atoms with van der Waals surface area (Å²) in [4.78, 5) is 11.7. The molecule has 0 rings (SSSR count). The van der Waals surface area contributed by atoms with Crippen LogP contribution in [0.4, 0.5) is 0 Å². The second-order valence-electron chi connectivity index (χ2n) is 6.37. The van der Waals surface area contributed by atoms with Crippen LogP contribution in [0, 0.1) is 0 Å². The Kier molecular flexibility index (Phi) is 15.6. The van der Waals surface area contributed by atoms with Crippen molar-refractivity contribution in [3.05, 3.63) is 0 Å². The summed E-state index contributed by atoms with van der Waals surface area (Å²) < 4.78 is 0. The summed E-state index contributed by atoms with van der Waals surface area (Å²) in [6.07, 6.45) is 3.03. The Labute approximate surface area is 155 Å². The predicted octanol–water partition coefficient (Wildman–Crippen LogP) is -0.0208. The lowest BCUT2D eigenvalue weighted by Crippen LogP contribution is -2.51. The maximum atomic E-state index is 11.7. The molecule has 0 aromatic carbocycles. The summed E-state index contributed by atoms with van der Waals surface area (Å²) in [6, 6.07) is 0. The molecule has 0 aromatic heterocycles. The molecule has 8 heteroatoms. The second-order valence-corrected chi connectivity index (χ2v) is 6.82. The van der Waals surface area contributed by atoms with Gasteiger partial charge in [-0.2, -0.15) is 12.6 Å². The number of thiol groups is 1. The van der Waals surface area contributed by atoms with E-state index < -0.39 is 36.9 Å². The number of aliphatic hydroxyl groups excluding tert-OH is 5. The van der Waals surface area contributed by atoms with Gasteiger partial charge in [0, 0.05) is 6.54 Å². The van der Waals surface area contributed by atoms with E-state index in [2.05, 4.69) is 17.9 Å². The van der Waals surface area contributed by atoms with E-state index in [0.29, 0.717) is 6.54 Å². The molecule has 0 aliphatic rings. The number of carbonyl (C=O) groups is 1. The second kappa shape index (κ2) is 15.8. The normalized spacial score (nSPS) is 16.2. The number of nitrogens with one attached hydrogen (secondary N) is 1. The first-order chi connectivity index (χ1) is 12.0. The molecule has 0 saturated carbocycles. The minimum atomic E-state index is -1.86. The zero-order valence-corrected chi connectivity index (χ0v) is 15.8. The van der Waals surface area contributed by atoms with Gasteiger partial charge in [0.1, 0.15) is 18.3 Å². The van der Waals surface area contributed by atoms with Crippen LogP contribution in [0.1, 0.15) is 57.8 Å². The highest BCUT2D eigenvalue weighted by Gasteiger charge is 2.33. The average molecular weight is 382 g/mol. The lowest BCUT2D eigenvalue weighted by molar-refractivity contribution is -0.148. The molecule has 4 unspecified atom stereocenters. The van der Waals surface area contributed by atoms with E-state index in [4.69, 9.17) is 5.11 Å². The van der Waals surface area contributed by atoms with Gasteiger partial charge < -0.3 is 30.8 Å². The van der Waals surface area contributed by atoms with E-state index in [1.54, 1.807) is 0 Å². The van der Waals surface area contributed by atoms with E-state index in [1.807, 2.05) is 0 Å². The van der Waals surface area contributed by atoms with Crippen LogP contribution in [0.5, 0.6) is 0 Å². The summed E-state index contributed by atoms with van der Waals surface area (Å²) in [6.45, 7) is -0.398. The minimum Gasteiger partial charge on any atom is -0.394 e. The van der Waals surface area contributed by atoms with Gasteiger partial charge in [0.05, 0.1) is 6.61 Å². The summed E-state index contributed by atoms with van der Waals surface area (Å²) in [5.74, 6) is 0.152. The van der Waals surface area contributed by atoms with Crippen LogP contribution < -0.4 is 5.32 Å². The zero-order chi connectivity index (χ0) is 19.1. The van der Waals surface area contributed by atoms with E-state index in [9.17, 15) is 25.2 Å². The highest BCUT2D eigenvalue weighted by molar-refractivity contribution is 7.80. The Morgan fingerprint density at radius 1 is 0.800 bits per heavy atom. The smallest absolute Gasteiger partial charge is 0.251 e. The van der Waals surface area contributed by atoms with Crippen LogP contribution in [0.3, 0.4) is 0 Å². The third kappa shape index (κ3) is 11.8. The Morgan fingerprint density at radius 3 is 1.76 bits per heavy atom. The van der Waals surface area contributed by atoms with Crippen molar-refractivity contribution in [2.45, 2.75) is 82.2 Å². The number of aliphatic hydroxyl groups is 5. The van der Waals surface area contributed by atoms with Crippen LogP contribution in [0.15, 0.2) is 0 Å². The van der Waals surface area contributed by atoms with Crippen LogP contribution >= 0.6 is 12.6 Å². The van der Waals surface area contributed by atoms with Gasteiger partial charge in [-0.1, -0.05) is 44.9 Å². The molecule has 25 heavy (non-hydrogen) atoms. The Hall–Kier alpha value is -0.380. The maximum absolute atomic E-state index is 11.7. The van der Waals surface area contributed by atoms with Crippen molar-refractivity contribution in [1.82, 2.24) is 5.32 Å². The molecule has 0 bridgehead atoms. The molecular formula is C17H35NO6S. The van der Waals surface area contributed by atoms with Gasteiger partial charge in [0.25, 0.3) is 5.91 Å². The molecule has 4 atom stereocenters. The standard InChI is InChI=1S/C17H35NO6S/c19-12-13(20)14(21)15(22)16(23)17(24)18-10-8-6-4-2-1-3-5-7-9-11-25/h13-16,19-23,25H,1-12H2,(H,18,24). The first-order valence-corrected chi connectivity index (χ1v) is 9.80. The van der Waals surface area contributed by atoms with Crippen LogP contribution in [0.25, 0.3) is 0 Å². The largest absolute Gasteiger partial charge is 0.394 e. The van der Waals surface area contributed by atoms with Crippen molar-refractivity contribution in [1.29, 1.82) is 0 Å². The molecule has 7 nitrogen and oxygen atoms in total. The van der Waals surface area contributed by atoms with Gasteiger partial charge in [-0.25, -0.2) is 0 Å². The fourth-order valence-corrected chi connectivity index (χ4v) is 2.69. The molecule has 0 fully saturated rings. The highest BCUT2D eigenvalue weighted by atomic mass is 32.1. The van der Waals surface area contributed by atoms with Crippen LogP contribution in [0.2, 0.25) is 0 Å². The number of rotatable bonds is 16. The highest BCUT2D eigenvalue weighted by Crippen LogP contribution is 2.10. The third-order valence-corrected chi connectivity index (χ3v) is 4.47. The Balaban J connectivity index is 3.66. The fourth-order valence-electron chi connectivity index (χ4n) is 2.47. The van der Waals surface area contributed by atoms with Crippen molar-refractivity contribution in [2.24, 2.45) is 0 Å². The number of amides is 1. The monoisotopic (exact) mass is 381 g/mol. The molecule has 1 amide bonds. The van der Waals surface area contributed by atoms with Crippen LogP contribution in [-0.4, -0.2) is 74.8 Å². The van der Waals surface area contributed by atoms with Crippen molar-refractivity contribution < 1.29 is 30.3 Å². The first kappa shape index (κ1) is 24.6. The predicted molar refractivity (Wildman–Crippen MR) is 99.5 cm³/mol. The Bertz CT molecular complexity index is 334. The van der Waals surface area contributed by atoms with Gasteiger partial charge in [-0.05, 0) is 18.6 Å². The summed E-state index contributed by atoms with van der Waals surface area (Å²) in [5, 5.41) is 49.1.